The van der Waals surface area contributed by atoms with Gasteiger partial charge in [0.05, 0.1) is 0 Å². The van der Waals surface area contributed by atoms with Gasteiger partial charge in [-0.2, -0.15) is 0 Å². The predicted octanol–water partition coefficient (Wildman–Crippen LogP) is 5.62. The third-order valence-electron chi connectivity index (χ3n) is 4.90. The summed E-state index contributed by atoms with van der Waals surface area (Å²) in [6.07, 6.45) is 4.83. The van der Waals surface area contributed by atoms with Crippen LogP contribution in [0.25, 0.3) is 0 Å². The molecule has 1 aliphatic heterocycles. The van der Waals surface area contributed by atoms with Gasteiger partial charge in [-0.05, 0) is 0 Å². The van der Waals surface area contributed by atoms with E-state index in [0.29, 0.717) is 19.2 Å². The van der Waals surface area contributed by atoms with E-state index in [1.54, 1.807) is 0 Å². The van der Waals surface area contributed by atoms with Crippen LogP contribution >= 0.6 is 17.3 Å². The van der Waals surface area contributed by atoms with Gasteiger partial charge in [0.15, 0.2) is 0 Å². The van der Waals surface area contributed by atoms with Crippen LogP contribution in [0.2, 0.25) is 0 Å². The van der Waals surface area contributed by atoms with E-state index in [4.69, 9.17) is 25.2 Å². The van der Waals surface area contributed by atoms with Crippen molar-refractivity contribution in [3.05, 3.63) is 83.9 Å². The van der Waals surface area contributed by atoms with E-state index in [9.17, 15) is 0 Å². The minimum absolute atomic E-state index is 0.572. The molecule has 0 aromatic heterocycles. The molecule has 33 heavy (non-hydrogen) atoms. The Morgan fingerprint density at radius 2 is 1.27 bits per heavy atom. The van der Waals surface area contributed by atoms with Crippen LogP contribution in [0.15, 0.2) is 82.8 Å². The fourth-order valence-corrected chi connectivity index (χ4v) is 8.70. The van der Waals surface area contributed by atoms with Crippen molar-refractivity contribution >= 4 is 56.2 Å². The first-order valence-corrected chi connectivity index (χ1v) is 16.3. The molecule has 4 rings (SSSR count). The number of ether oxygens (including phenoxy) is 2. The van der Waals surface area contributed by atoms with Crippen LogP contribution < -0.4 is 15.2 Å². The summed E-state index contributed by atoms with van der Waals surface area (Å²) in [6, 6.07) is 23.8. The molecule has 0 fully saturated rings. The maximum absolute atomic E-state index is 6.36. The van der Waals surface area contributed by atoms with Crippen LogP contribution in [0.4, 0.5) is 11.4 Å². The van der Waals surface area contributed by atoms with Crippen molar-refractivity contribution in [3.63, 3.8) is 0 Å². The van der Waals surface area contributed by atoms with Crippen molar-refractivity contribution < 1.29 is 9.47 Å². The molecule has 3 aromatic rings. The Morgan fingerprint density at radius 1 is 0.788 bits per heavy atom. The molecule has 1 heterocycles. The number of thioether (sulfide) groups is 1. The molecule has 0 aliphatic carbocycles. The van der Waals surface area contributed by atoms with Crippen LogP contribution in [-0.2, 0) is 0 Å². The first-order chi connectivity index (χ1) is 16.2. The van der Waals surface area contributed by atoms with E-state index in [2.05, 4.69) is 15.1 Å². The first kappa shape index (κ1) is 24.0. The summed E-state index contributed by atoms with van der Waals surface area (Å²) < 4.78 is 12.7. The third kappa shape index (κ3) is 6.69. The van der Waals surface area contributed by atoms with Crippen LogP contribution in [0.1, 0.15) is 11.1 Å². The second-order valence-electron chi connectivity index (χ2n) is 7.51. The zero-order chi connectivity index (χ0) is 22.9. The molecule has 8 heteroatoms. The summed E-state index contributed by atoms with van der Waals surface area (Å²) in [5, 5.41) is 0. The van der Waals surface area contributed by atoms with Crippen LogP contribution in [0, 0.1) is 0 Å². The number of hydrogen-bond donors (Lipinski definition) is 1. The van der Waals surface area contributed by atoms with Gasteiger partial charge in [-0.25, -0.2) is 0 Å². The average Bonchev–Trinajstić information content (AvgIpc) is 2.85. The Kier molecular flexibility index (Phi) is 8.60. The Labute approximate surface area is 206 Å². The van der Waals surface area contributed by atoms with Gasteiger partial charge in [0.1, 0.15) is 0 Å². The SMILES string of the molecule is NCCSCP1(=[Se])COc2ccccc2C=Nc2ccccc2N=Cc2ccccc2OC1. The zero-order valence-corrected chi connectivity index (χ0v) is 21.6. The van der Waals surface area contributed by atoms with Crippen molar-refractivity contribution in [1.82, 2.24) is 0 Å². The van der Waals surface area contributed by atoms with Crippen molar-refractivity contribution in [3.8, 4) is 11.5 Å². The summed E-state index contributed by atoms with van der Waals surface area (Å²) >= 11 is 5.29. The average molecular weight is 543 g/mol. The third-order valence-corrected chi connectivity index (χ3v) is 12.6. The molecule has 0 radical (unpaired) electrons. The van der Waals surface area contributed by atoms with Gasteiger partial charge in [-0.15, -0.1) is 0 Å². The van der Waals surface area contributed by atoms with E-state index in [1.807, 2.05) is 97.0 Å². The van der Waals surface area contributed by atoms with Gasteiger partial charge in [0, 0.05) is 0 Å². The molecule has 5 nitrogen and oxygen atoms in total. The second kappa shape index (κ2) is 11.8. The predicted molar refractivity (Wildman–Crippen MR) is 144 cm³/mol. The molecule has 0 saturated heterocycles. The fourth-order valence-electron chi connectivity index (χ4n) is 3.20. The van der Waals surface area contributed by atoms with Crippen molar-refractivity contribution in [2.75, 3.05) is 30.5 Å². The Morgan fingerprint density at radius 3 is 1.79 bits per heavy atom. The summed E-state index contributed by atoms with van der Waals surface area (Å²) in [4.78, 5) is 9.45. The Bertz CT molecular complexity index is 1120. The summed E-state index contributed by atoms with van der Waals surface area (Å²) in [5.74, 6) is 2.52. The molecule has 0 unspecified atom stereocenters. The van der Waals surface area contributed by atoms with Gasteiger partial charge in [0.2, 0.25) is 0 Å². The summed E-state index contributed by atoms with van der Waals surface area (Å²) in [7, 11) is 0. The topological polar surface area (TPSA) is 69.2 Å². The number of benzene rings is 3. The summed E-state index contributed by atoms with van der Waals surface area (Å²) in [6.45, 7) is 0.658. The van der Waals surface area contributed by atoms with Crippen LogP contribution in [0.5, 0.6) is 11.5 Å². The minimum atomic E-state index is -1.70. The standard InChI is InChI=1S/C25H26N3O2PSSe/c26-13-14-32-19-31(33)17-29-24-11-5-1-7-20(24)15-27-22-9-3-4-10-23(22)28-16-21-8-2-6-12-25(21)30-18-31/h1-12,15-16H,13-14,17-19,26H2. The van der Waals surface area contributed by atoms with Gasteiger partial charge in [-0.3, -0.25) is 0 Å². The number of para-hydroxylation sites is 4. The molecule has 3 aromatic carbocycles. The Balaban J connectivity index is 1.74. The van der Waals surface area contributed by atoms with Gasteiger partial charge in [-0.1, -0.05) is 0 Å². The molecular formula is C25H26N3O2PSSe. The monoisotopic (exact) mass is 543 g/mol. The van der Waals surface area contributed by atoms with Gasteiger partial charge < -0.3 is 0 Å². The molecule has 170 valence electrons. The molecule has 0 spiro atoms. The van der Waals surface area contributed by atoms with E-state index in [-0.39, 0.29) is 0 Å². The van der Waals surface area contributed by atoms with Crippen molar-refractivity contribution in [1.29, 1.82) is 0 Å². The van der Waals surface area contributed by atoms with E-state index in [0.717, 1.165) is 45.2 Å². The van der Waals surface area contributed by atoms with Gasteiger partial charge in [0.25, 0.3) is 0 Å². The van der Waals surface area contributed by atoms with E-state index < -0.39 is 5.51 Å². The zero-order valence-electron chi connectivity index (χ0n) is 18.2. The number of hydrogen-bond acceptors (Lipinski definition) is 6. The van der Waals surface area contributed by atoms with Crippen molar-refractivity contribution in [2.24, 2.45) is 15.7 Å². The molecule has 0 amide bonds. The van der Waals surface area contributed by atoms with Crippen molar-refractivity contribution in [2.45, 2.75) is 0 Å². The number of nitrogens with two attached hydrogens (primary N) is 1. The maximum atomic E-state index is 6.36. The summed E-state index contributed by atoms with van der Waals surface area (Å²) in [5.41, 5.74) is 8.40. The van der Waals surface area contributed by atoms with E-state index in [1.165, 1.54) is 0 Å². The Hall–Kier alpha value is -2.14. The number of fused-ring (bicyclic) bond motifs is 3. The van der Waals surface area contributed by atoms with Crippen LogP contribution in [0.3, 0.4) is 0 Å². The molecule has 1 aliphatic rings. The first-order valence-electron chi connectivity index (χ1n) is 10.6. The molecule has 0 bridgehead atoms. The van der Waals surface area contributed by atoms with Crippen LogP contribution in [-0.4, -0.2) is 58.0 Å². The number of aliphatic imine (C=N–C) groups is 2. The molecular weight excluding hydrogens is 516 g/mol. The quantitative estimate of drug-likeness (QED) is 0.264. The number of rotatable bonds is 4. The fraction of sp³-hybridized carbons (Fsp3) is 0.200. The van der Waals surface area contributed by atoms with E-state index >= 15 is 0 Å². The van der Waals surface area contributed by atoms with Gasteiger partial charge >= 0.3 is 207 Å². The normalized spacial score (nSPS) is 18.0. The molecule has 0 saturated carbocycles. The molecule has 0 atom stereocenters. The molecule has 2 N–H and O–H groups in total. The number of nitrogens with zero attached hydrogens (tertiary/aromatic N) is 2. The second-order valence-corrected chi connectivity index (χ2v) is 16.9.